The Kier molecular flexibility index (Phi) is 0.783. The summed E-state index contributed by atoms with van der Waals surface area (Å²) < 4.78 is 86.7. The van der Waals surface area contributed by atoms with Crippen LogP contribution in [-0.4, -0.2) is 26.4 Å². The fraction of sp³-hybridized carbons (Fsp3) is 1.00. The van der Waals surface area contributed by atoms with E-state index in [1.807, 2.05) is 0 Å². The average molecular weight is 154 g/mol. The lowest BCUT2D eigenvalue weighted by Crippen LogP contribution is -2.26. The third-order valence-electron chi connectivity index (χ3n) is 0.987. The zero-order chi connectivity index (χ0) is 16.4. The average Bonchev–Trinajstić information content (AvgIpc) is 2.33. The number of hydrogen-bond acceptors (Lipinski definition) is 2. The van der Waals surface area contributed by atoms with Gasteiger partial charge in [0.2, 0.25) is 0 Å². The Balaban J connectivity index is 3.81. The zero-order valence-corrected chi connectivity index (χ0v) is 5.82. The van der Waals surface area contributed by atoms with Crippen LogP contribution in [0.5, 0.6) is 0 Å². The van der Waals surface area contributed by atoms with Gasteiger partial charge in [0.15, 0.2) is 0 Å². The number of rotatable bonds is 2. The van der Waals surface area contributed by atoms with Gasteiger partial charge < -0.3 is 9.47 Å². The van der Waals surface area contributed by atoms with E-state index in [9.17, 15) is 0 Å². The van der Waals surface area contributed by atoms with E-state index in [-0.39, 0.29) is 0 Å². The summed E-state index contributed by atoms with van der Waals surface area (Å²) in [6, 6.07) is 0. The van der Waals surface area contributed by atoms with Gasteiger partial charge in [0.25, 0.3) is 0 Å². The third kappa shape index (κ3) is 1.96. The van der Waals surface area contributed by atoms with Crippen molar-refractivity contribution in [3.05, 3.63) is 0 Å². The molecule has 0 heterocycles. The molecule has 1 saturated carbocycles. The minimum absolute atomic E-state index is 0.801. The van der Waals surface area contributed by atoms with Crippen LogP contribution in [0.15, 0.2) is 0 Å². The molecule has 60 valence electrons. The van der Waals surface area contributed by atoms with Crippen molar-refractivity contribution in [2.45, 2.75) is 37.7 Å². The van der Waals surface area contributed by atoms with Gasteiger partial charge in [-0.25, -0.2) is 0 Å². The van der Waals surface area contributed by atoms with E-state index in [4.69, 9.17) is 13.7 Å². The van der Waals surface area contributed by atoms with Gasteiger partial charge in [-0.1, -0.05) is 0 Å². The van der Waals surface area contributed by atoms with Crippen molar-refractivity contribution >= 4 is 0 Å². The van der Waals surface area contributed by atoms with Crippen molar-refractivity contribution < 1.29 is 23.2 Å². The van der Waals surface area contributed by atoms with Gasteiger partial charge in [-0.15, -0.1) is 0 Å². The summed E-state index contributed by atoms with van der Waals surface area (Å²) in [5.41, 5.74) is 0. The Bertz CT molecular complexity index is 376. The summed E-state index contributed by atoms with van der Waals surface area (Å²) >= 11 is 0. The molecule has 0 amide bonds. The molecule has 1 aliphatic carbocycles. The van der Waals surface area contributed by atoms with Gasteiger partial charge >= 0.3 is 0 Å². The maximum Gasteiger partial charge on any atom is 0.0604 e. The van der Waals surface area contributed by atoms with Gasteiger partial charge in [0.1, 0.15) is 0 Å². The Hall–Kier alpha value is -0.0800. The lowest BCUT2D eigenvalue weighted by molar-refractivity contribution is -0.00924. The van der Waals surface area contributed by atoms with Crippen LogP contribution in [0.1, 0.15) is 39.2 Å². The molecule has 0 aromatic heterocycles. The Morgan fingerprint density at radius 2 is 1.80 bits per heavy atom. The minimum atomic E-state index is -3.40. The topological polar surface area (TPSA) is 18.5 Å². The zero-order valence-electron chi connectivity index (χ0n) is 15.8. The lowest BCUT2D eigenvalue weighted by atomic mass is 9.95. The molecule has 2 atom stereocenters. The lowest BCUT2D eigenvalue weighted by Gasteiger charge is -2.26. The summed E-state index contributed by atoms with van der Waals surface area (Å²) in [6.45, 7) is 0. The van der Waals surface area contributed by atoms with E-state index in [0.29, 0.717) is 0 Å². The van der Waals surface area contributed by atoms with Crippen LogP contribution in [0.3, 0.4) is 0 Å². The second-order valence-corrected chi connectivity index (χ2v) is 1.57. The summed E-state index contributed by atoms with van der Waals surface area (Å²) in [5.74, 6) is 0. The first-order chi connectivity index (χ1) is 8.62. The second kappa shape index (κ2) is 3.94. The van der Waals surface area contributed by atoms with Gasteiger partial charge in [-0.2, -0.15) is 0 Å². The normalized spacial score (nSPS) is 83.8. The summed E-state index contributed by atoms with van der Waals surface area (Å²) in [4.78, 5) is 0. The molecule has 2 nitrogen and oxygen atoms in total. The summed E-state index contributed by atoms with van der Waals surface area (Å²) in [5, 5.41) is 0. The molecule has 2 heteroatoms. The molecule has 0 aliphatic heterocycles. The second-order valence-electron chi connectivity index (χ2n) is 1.57. The first kappa shape index (κ1) is 1.99. The largest absolute Gasteiger partial charge is 0.381 e. The Morgan fingerprint density at radius 3 is 2.20 bits per heavy atom. The van der Waals surface area contributed by atoms with Gasteiger partial charge in [-0.05, 0) is 25.5 Å². The van der Waals surface area contributed by atoms with E-state index in [1.165, 1.54) is 0 Å². The third-order valence-corrected chi connectivity index (χ3v) is 0.987. The quantitative estimate of drug-likeness (QED) is 0.601. The molecule has 0 N–H and O–H groups in total. The molecule has 1 aliphatic rings. The standard InChI is InChI=1S/C8H16O2/c1-9-7-4-3-5-8(6-7)10-2/h7-8H,3-6H2,1-2H3/i3D2,4D2,5D2,6D2,7D,8D. The number of hydrogen-bond donors (Lipinski definition) is 0. The molecule has 1 fully saturated rings. The van der Waals surface area contributed by atoms with Crippen LogP contribution >= 0.6 is 0 Å². The number of methoxy groups -OCH3 is 2. The maximum atomic E-state index is 7.89. The van der Waals surface area contributed by atoms with Crippen molar-refractivity contribution in [3.8, 4) is 0 Å². The van der Waals surface area contributed by atoms with Gasteiger partial charge in [0, 0.05) is 25.2 Å². The fourth-order valence-corrected chi connectivity index (χ4v) is 0.515. The maximum absolute atomic E-state index is 7.89. The molecule has 0 aromatic rings. The van der Waals surface area contributed by atoms with Crippen molar-refractivity contribution in [3.63, 3.8) is 0 Å². The van der Waals surface area contributed by atoms with Gasteiger partial charge in [0.05, 0.1) is 14.9 Å². The van der Waals surface area contributed by atoms with Crippen LogP contribution in [0.25, 0.3) is 0 Å². The van der Waals surface area contributed by atoms with Crippen molar-refractivity contribution in [2.24, 2.45) is 0 Å². The Morgan fingerprint density at radius 1 is 1.30 bits per heavy atom. The molecular weight excluding hydrogens is 128 g/mol. The minimum Gasteiger partial charge on any atom is -0.381 e. The van der Waals surface area contributed by atoms with E-state index in [0.717, 1.165) is 14.2 Å². The van der Waals surface area contributed by atoms with Crippen molar-refractivity contribution in [1.82, 2.24) is 0 Å². The first-order valence-corrected chi connectivity index (χ1v) is 2.72. The first-order valence-electron chi connectivity index (χ1n) is 7.72. The molecular formula is C8H16O2. The highest BCUT2D eigenvalue weighted by Gasteiger charge is 2.20. The molecule has 0 bridgehead atoms. The molecule has 0 spiro atoms. The molecule has 0 radical (unpaired) electrons. The number of ether oxygens (including phenoxy) is 2. The highest BCUT2D eigenvalue weighted by molar-refractivity contribution is 4.72. The monoisotopic (exact) mass is 154 g/mol. The predicted molar refractivity (Wildman–Crippen MR) is 40.1 cm³/mol. The van der Waals surface area contributed by atoms with Crippen LogP contribution in [0, 0.1) is 0 Å². The molecule has 10 heavy (non-hydrogen) atoms. The van der Waals surface area contributed by atoms with Crippen LogP contribution in [0.4, 0.5) is 0 Å². The smallest absolute Gasteiger partial charge is 0.0604 e. The van der Waals surface area contributed by atoms with Crippen LogP contribution in [-0.2, 0) is 9.47 Å². The summed E-state index contributed by atoms with van der Waals surface area (Å²) in [6.07, 6.45) is -19.8. The van der Waals surface area contributed by atoms with Crippen molar-refractivity contribution in [2.75, 3.05) is 14.2 Å². The molecule has 0 aromatic carbocycles. The predicted octanol–water partition coefficient (Wildman–Crippen LogP) is 1.59. The fourth-order valence-electron chi connectivity index (χ4n) is 0.515. The van der Waals surface area contributed by atoms with Crippen molar-refractivity contribution in [1.29, 1.82) is 0 Å². The molecule has 2 unspecified atom stereocenters. The SMILES string of the molecule is [2H]C1([2H])C([2H])([2H])C([2H])(OC)C([2H])([2H])C([2H])(OC)C1([2H])[2H]. The molecule has 1 rings (SSSR count). The van der Waals surface area contributed by atoms with E-state index >= 15 is 0 Å². The molecule has 0 saturated heterocycles. The van der Waals surface area contributed by atoms with Crippen LogP contribution < -0.4 is 0 Å². The summed E-state index contributed by atoms with van der Waals surface area (Å²) in [7, 11) is 1.60. The van der Waals surface area contributed by atoms with E-state index < -0.39 is 37.7 Å². The van der Waals surface area contributed by atoms with Gasteiger partial charge in [-0.3, -0.25) is 0 Å². The Labute approximate surface area is 76.6 Å². The highest BCUT2D eigenvalue weighted by Crippen LogP contribution is 2.22. The van der Waals surface area contributed by atoms with E-state index in [2.05, 4.69) is 9.47 Å². The van der Waals surface area contributed by atoms with E-state index in [1.54, 1.807) is 0 Å². The van der Waals surface area contributed by atoms with Crippen LogP contribution in [0.2, 0.25) is 0 Å². The highest BCUT2D eigenvalue weighted by atomic mass is 16.5.